The predicted octanol–water partition coefficient (Wildman–Crippen LogP) is 4.46. The minimum absolute atomic E-state index is 0.0648. The van der Waals surface area contributed by atoms with Crippen molar-refractivity contribution in [2.45, 2.75) is 57.5 Å². The number of benzene rings is 1. The van der Waals surface area contributed by atoms with Crippen molar-refractivity contribution in [2.75, 3.05) is 20.3 Å². The van der Waals surface area contributed by atoms with Crippen LogP contribution in [-0.2, 0) is 4.74 Å². The molecule has 2 rings (SSSR count). The Morgan fingerprint density at radius 1 is 1.14 bits per heavy atom. The lowest BCUT2D eigenvalue weighted by Crippen LogP contribution is -2.14. The van der Waals surface area contributed by atoms with E-state index in [9.17, 15) is 0 Å². The summed E-state index contributed by atoms with van der Waals surface area (Å²) in [5.41, 5.74) is 6.81. The number of rotatable bonds is 7. The average molecular weight is 305 g/mol. The average Bonchev–Trinajstić information content (AvgIpc) is 2.52. The quantitative estimate of drug-likeness (QED) is 0.808. The van der Waals surface area contributed by atoms with E-state index in [4.69, 9.17) is 15.2 Å². The first-order chi connectivity index (χ1) is 10.8. The van der Waals surface area contributed by atoms with Gasteiger partial charge in [0.15, 0.2) is 0 Å². The maximum absolute atomic E-state index is 6.07. The molecule has 1 saturated carbocycles. The van der Waals surface area contributed by atoms with Crippen molar-refractivity contribution in [3.8, 4) is 5.75 Å². The van der Waals surface area contributed by atoms with Crippen LogP contribution in [0.15, 0.2) is 24.3 Å². The Balaban J connectivity index is 1.89. The van der Waals surface area contributed by atoms with Crippen LogP contribution in [-0.4, -0.2) is 20.3 Å². The summed E-state index contributed by atoms with van der Waals surface area (Å²) in [7, 11) is 1.74. The molecule has 0 bridgehead atoms. The van der Waals surface area contributed by atoms with Crippen LogP contribution in [0.5, 0.6) is 5.75 Å². The van der Waals surface area contributed by atoms with E-state index in [-0.39, 0.29) is 6.10 Å². The molecule has 0 aliphatic heterocycles. The third kappa shape index (κ3) is 5.62. The first-order valence-corrected chi connectivity index (χ1v) is 8.79. The number of hydrogen-bond acceptors (Lipinski definition) is 3. The highest BCUT2D eigenvalue weighted by Gasteiger charge is 2.13. The molecular formula is C19H31NO2. The topological polar surface area (TPSA) is 44.5 Å². The lowest BCUT2D eigenvalue weighted by Gasteiger charge is -2.21. The molecule has 0 saturated heterocycles. The molecule has 22 heavy (non-hydrogen) atoms. The summed E-state index contributed by atoms with van der Waals surface area (Å²) in [5.74, 6) is 1.67. The molecule has 0 aromatic heterocycles. The molecule has 1 unspecified atom stereocenters. The van der Waals surface area contributed by atoms with E-state index < -0.39 is 0 Å². The van der Waals surface area contributed by atoms with Crippen LogP contribution < -0.4 is 10.5 Å². The second kappa shape index (κ2) is 9.86. The van der Waals surface area contributed by atoms with Crippen molar-refractivity contribution in [3.05, 3.63) is 29.8 Å². The number of ether oxygens (including phenoxy) is 2. The summed E-state index contributed by atoms with van der Waals surface area (Å²) >= 11 is 0. The van der Waals surface area contributed by atoms with E-state index in [1.165, 1.54) is 44.9 Å². The molecule has 1 aliphatic carbocycles. The van der Waals surface area contributed by atoms with Gasteiger partial charge in [0.2, 0.25) is 0 Å². The first-order valence-electron chi connectivity index (χ1n) is 8.79. The molecule has 124 valence electrons. The van der Waals surface area contributed by atoms with Gasteiger partial charge < -0.3 is 15.2 Å². The zero-order valence-corrected chi connectivity index (χ0v) is 13.9. The van der Waals surface area contributed by atoms with Crippen molar-refractivity contribution >= 4 is 0 Å². The van der Waals surface area contributed by atoms with Crippen molar-refractivity contribution in [1.82, 2.24) is 0 Å². The third-order valence-corrected chi connectivity index (χ3v) is 4.65. The van der Waals surface area contributed by atoms with E-state index in [0.29, 0.717) is 12.5 Å². The van der Waals surface area contributed by atoms with Gasteiger partial charge in [-0.15, -0.1) is 0 Å². The lowest BCUT2D eigenvalue weighted by molar-refractivity contribution is 0.0974. The van der Waals surface area contributed by atoms with Crippen LogP contribution in [0.3, 0.4) is 0 Å². The van der Waals surface area contributed by atoms with Gasteiger partial charge in [0.05, 0.1) is 12.7 Å². The van der Waals surface area contributed by atoms with Gasteiger partial charge in [0.1, 0.15) is 5.75 Å². The Bertz CT molecular complexity index is 414. The molecule has 0 heterocycles. The molecule has 0 radical (unpaired) electrons. The van der Waals surface area contributed by atoms with Gasteiger partial charge in [-0.3, -0.25) is 0 Å². The molecule has 1 aromatic carbocycles. The van der Waals surface area contributed by atoms with Gasteiger partial charge in [-0.05, 0) is 49.4 Å². The van der Waals surface area contributed by atoms with Crippen molar-refractivity contribution in [1.29, 1.82) is 0 Å². The summed E-state index contributed by atoms with van der Waals surface area (Å²) in [6.45, 7) is 1.48. The molecule has 2 N–H and O–H groups in total. The number of hydrogen-bond donors (Lipinski definition) is 1. The smallest absolute Gasteiger partial charge is 0.119 e. The minimum atomic E-state index is 0.0648. The molecule has 1 aromatic rings. The van der Waals surface area contributed by atoms with E-state index >= 15 is 0 Å². The van der Waals surface area contributed by atoms with Crippen LogP contribution in [0, 0.1) is 5.92 Å². The second-order valence-corrected chi connectivity index (χ2v) is 6.40. The van der Waals surface area contributed by atoms with E-state index in [2.05, 4.69) is 12.1 Å². The summed E-state index contributed by atoms with van der Waals surface area (Å²) in [6.07, 6.45) is 10.4. The van der Waals surface area contributed by atoms with Gasteiger partial charge in [0.25, 0.3) is 0 Å². The molecule has 0 amide bonds. The fourth-order valence-corrected chi connectivity index (χ4v) is 3.30. The molecular weight excluding hydrogens is 274 g/mol. The van der Waals surface area contributed by atoms with Gasteiger partial charge in [-0.25, -0.2) is 0 Å². The summed E-state index contributed by atoms with van der Waals surface area (Å²) in [4.78, 5) is 0. The fourth-order valence-electron chi connectivity index (χ4n) is 3.30. The monoisotopic (exact) mass is 305 g/mol. The number of nitrogens with two attached hydrogens (primary N) is 1. The van der Waals surface area contributed by atoms with Crippen molar-refractivity contribution in [3.63, 3.8) is 0 Å². The molecule has 1 fully saturated rings. The van der Waals surface area contributed by atoms with Gasteiger partial charge in [0, 0.05) is 7.11 Å². The van der Waals surface area contributed by atoms with Crippen LogP contribution in [0.25, 0.3) is 0 Å². The third-order valence-electron chi connectivity index (χ3n) is 4.65. The minimum Gasteiger partial charge on any atom is -0.493 e. The van der Waals surface area contributed by atoms with Crippen LogP contribution in [0.2, 0.25) is 0 Å². The highest BCUT2D eigenvalue weighted by atomic mass is 16.5. The Kier molecular flexibility index (Phi) is 7.75. The largest absolute Gasteiger partial charge is 0.493 e. The zero-order chi connectivity index (χ0) is 15.6. The maximum Gasteiger partial charge on any atom is 0.119 e. The normalized spacial score (nSPS) is 18.5. The lowest BCUT2D eigenvalue weighted by atomic mass is 9.92. The molecule has 1 aliphatic rings. The van der Waals surface area contributed by atoms with Gasteiger partial charge in [-0.1, -0.05) is 44.2 Å². The molecule has 0 spiro atoms. The van der Waals surface area contributed by atoms with Crippen LogP contribution in [0.1, 0.15) is 63.0 Å². The Morgan fingerprint density at radius 3 is 2.55 bits per heavy atom. The van der Waals surface area contributed by atoms with E-state index in [0.717, 1.165) is 24.3 Å². The van der Waals surface area contributed by atoms with Crippen molar-refractivity contribution in [2.24, 2.45) is 11.7 Å². The maximum atomic E-state index is 6.07. The zero-order valence-electron chi connectivity index (χ0n) is 13.9. The van der Waals surface area contributed by atoms with Gasteiger partial charge >= 0.3 is 0 Å². The molecule has 1 atom stereocenters. The highest BCUT2D eigenvalue weighted by molar-refractivity contribution is 5.30. The van der Waals surface area contributed by atoms with E-state index in [1.54, 1.807) is 7.11 Å². The highest BCUT2D eigenvalue weighted by Crippen LogP contribution is 2.26. The van der Waals surface area contributed by atoms with Gasteiger partial charge in [-0.2, -0.15) is 0 Å². The fraction of sp³-hybridized carbons (Fsp3) is 0.684. The second-order valence-electron chi connectivity index (χ2n) is 6.40. The van der Waals surface area contributed by atoms with E-state index in [1.807, 2.05) is 12.1 Å². The first kappa shape index (κ1) is 17.3. The number of methoxy groups -OCH3 is 1. The predicted molar refractivity (Wildman–Crippen MR) is 91.2 cm³/mol. The Labute approximate surface area is 135 Å². The summed E-state index contributed by atoms with van der Waals surface area (Å²) in [5, 5.41) is 0. The SMILES string of the molecule is COC(CCN)c1cccc(OCC2CCCCCCC2)c1. The molecule has 3 heteroatoms. The summed E-state index contributed by atoms with van der Waals surface area (Å²) < 4.78 is 11.6. The van der Waals surface area contributed by atoms with Crippen LogP contribution in [0.4, 0.5) is 0 Å². The standard InChI is InChI=1S/C19H31NO2/c1-21-19(12-13-20)17-10-7-11-18(14-17)22-15-16-8-5-3-2-4-6-9-16/h7,10-11,14,16,19H,2-6,8-9,12-13,15,20H2,1H3. The molecule has 3 nitrogen and oxygen atoms in total. The Hall–Kier alpha value is -1.06. The van der Waals surface area contributed by atoms with Crippen molar-refractivity contribution < 1.29 is 9.47 Å². The van der Waals surface area contributed by atoms with Crippen LogP contribution >= 0.6 is 0 Å². The Morgan fingerprint density at radius 2 is 1.86 bits per heavy atom. The summed E-state index contributed by atoms with van der Waals surface area (Å²) in [6, 6.07) is 8.28.